The van der Waals surface area contributed by atoms with Crippen LogP contribution in [0.5, 0.6) is 0 Å². The Morgan fingerprint density at radius 3 is 2.65 bits per heavy atom. The SMILES string of the molecule is O=C(O)C(CO)NC(=O)N1CCCC(CO)C1. The molecule has 2 amide bonds. The minimum Gasteiger partial charge on any atom is -0.480 e. The fourth-order valence-electron chi connectivity index (χ4n) is 1.82. The van der Waals surface area contributed by atoms with Crippen molar-refractivity contribution in [2.24, 2.45) is 5.92 Å². The summed E-state index contributed by atoms with van der Waals surface area (Å²) >= 11 is 0. The number of nitrogens with one attached hydrogen (secondary N) is 1. The van der Waals surface area contributed by atoms with Crippen LogP contribution >= 0.6 is 0 Å². The normalized spacial score (nSPS) is 22.0. The van der Waals surface area contributed by atoms with Crippen molar-refractivity contribution in [1.29, 1.82) is 0 Å². The van der Waals surface area contributed by atoms with Gasteiger partial charge in [-0.2, -0.15) is 0 Å². The molecule has 2 atom stereocenters. The summed E-state index contributed by atoms with van der Waals surface area (Å²) < 4.78 is 0. The molecule has 1 heterocycles. The molecule has 1 saturated heterocycles. The number of carboxylic acids is 1. The maximum Gasteiger partial charge on any atom is 0.328 e. The molecule has 1 aliphatic heterocycles. The second-order valence-electron chi connectivity index (χ2n) is 4.16. The van der Waals surface area contributed by atoms with Gasteiger partial charge in [-0.05, 0) is 18.8 Å². The molecular formula is C10H18N2O5. The number of rotatable bonds is 4. The molecule has 0 bridgehead atoms. The van der Waals surface area contributed by atoms with Crippen molar-refractivity contribution in [3.63, 3.8) is 0 Å². The van der Waals surface area contributed by atoms with Gasteiger partial charge in [0, 0.05) is 19.7 Å². The zero-order valence-corrected chi connectivity index (χ0v) is 9.50. The smallest absolute Gasteiger partial charge is 0.328 e. The molecule has 0 saturated carbocycles. The maximum atomic E-state index is 11.7. The van der Waals surface area contributed by atoms with Gasteiger partial charge in [-0.15, -0.1) is 0 Å². The molecule has 17 heavy (non-hydrogen) atoms. The third-order valence-corrected chi connectivity index (χ3v) is 2.84. The van der Waals surface area contributed by atoms with Crippen LogP contribution in [0.4, 0.5) is 4.79 Å². The van der Waals surface area contributed by atoms with E-state index < -0.39 is 24.6 Å². The Hall–Kier alpha value is -1.34. The van der Waals surface area contributed by atoms with Crippen LogP contribution < -0.4 is 5.32 Å². The molecule has 0 aromatic rings. The first-order valence-electron chi connectivity index (χ1n) is 5.58. The lowest BCUT2D eigenvalue weighted by molar-refractivity contribution is -0.140. The predicted molar refractivity (Wildman–Crippen MR) is 58.4 cm³/mol. The fourth-order valence-corrected chi connectivity index (χ4v) is 1.82. The molecule has 4 N–H and O–H groups in total. The molecule has 0 radical (unpaired) electrons. The number of aliphatic carboxylic acids is 1. The summed E-state index contributed by atoms with van der Waals surface area (Å²) in [7, 11) is 0. The number of carbonyl (C=O) groups is 2. The van der Waals surface area contributed by atoms with Crippen molar-refractivity contribution in [2.75, 3.05) is 26.3 Å². The quantitative estimate of drug-likeness (QED) is 0.500. The molecule has 2 unspecified atom stereocenters. The molecule has 0 aromatic heterocycles. The maximum absolute atomic E-state index is 11.7. The van der Waals surface area contributed by atoms with Crippen LogP contribution in [-0.4, -0.2) is 64.6 Å². The van der Waals surface area contributed by atoms with Crippen LogP contribution in [0.1, 0.15) is 12.8 Å². The van der Waals surface area contributed by atoms with Crippen molar-refractivity contribution in [3.8, 4) is 0 Å². The topological polar surface area (TPSA) is 110 Å². The first kappa shape index (κ1) is 13.7. The van der Waals surface area contributed by atoms with E-state index in [1.165, 1.54) is 4.90 Å². The van der Waals surface area contributed by atoms with E-state index >= 15 is 0 Å². The molecule has 0 aliphatic carbocycles. The van der Waals surface area contributed by atoms with Gasteiger partial charge in [0.2, 0.25) is 0 Å². The molecule has 0 aromatic carbocycles. The Bertz CT molecular complexity index is 284. The number of urea groups is 1. The van der Waals surface area contributed by atoms with E-state index in [1.807, 2.05) is 0 Å². The number of carboxylic acid groups (broad SMARTS) is 1. The summed E-state index contributed by atoms with van der Waals surface area (Å²) in [4.78, 5) is 23.8. The third-order valence-electron chi connectivity index (χ3n) is 2.84. The van der Waals surface area contributed by atoms with Gasteiger partial charge in [0.1, 0.15) is 0 Å². The summed E-state index contributed by atoms with van der Waals surface area (Å²) in [5.41, 5.74) is 0. The summed E-state index contributed by atoms with van der Waals surface area (Å²) in [5, 5.41) is 28.7. The van der Waals surface area contributed by atoms with Gasteiger partial charge in [-0.3, -0.25) is 0 Å². The lowest BCUT2D eigenvalue weighted by atomic mass is 9.99. The molecule has 1 rings (SSSR count). The predicted octanol–water partition coefficient (Wildman–Crippen LogP) is -1.15. The van der Waals surface area contributed by atoms with E-state index in [2.05, 4.69) is 5.32 Å². The van der Waals surface area contributed by atoms with Gasteiger partial charge < -0.3 is 25.5 Å². The molecular weight excluding hydrogens is 228 g/mol. The molecule has 7 heteroatoms. The zero-order chi connectivity index (χ0) is 12.8. The number of piperidine rings is 1. The minimum atomic E-state index is -1.28. The molecule has 7 nitrogen and oxygen atoms in total. The number of likely N-dealkylation sites (tertiary alicyclic amines) is 1. The fraction of sp³-hybridized carbons (Fsp3) is 0.800. The monoisotopic (exact) mass is 246 g/mol. The number of aliphatic hydroxyl groups is 2. The highest BCUT2D eigenvalue weighted by atomic mass is 16.4. The number of aliphatic hydroxyl groups excluding tert-OH is 2. The molecule has 98 valence electrons. The standard InChI is InChI=1S/C10H18N2O5/c13-5-7-2-1-3-12(4-7)10(17)11-8(6-14)9(15)16/h7-8,13-14H,1-6H2,(H,11,17)(H,15,16). The van der Waals surface area contributed by atoms with Gasteiger partial charge in [-0.1, -0.05) is 0 Å². The van der Waals surface area contributed by atoms with E-state index in [0.29, 0.717) is 13.1 Å². The summed E-state index contributed by atoms with van der Waals surface area (Å²) in [6, 6.07) is -1.79. The number of amides is 2. The Morgan fingerprint density at radius 1 is 1.41 bits per heavy atom. The van der Waals surface area contributed by atoms with E-state index in [4.69, 9.17) is 15.3 Å². The van der Waals surface area contributed by atoms with Crippen LogP contribution in [0.3, 0.4) is 0 Å². The molecule has 1 fully saturated rings. The summed E-state index contributed by atoms with van der Waals surface area (Å²) in [6.07, 6.45) is 1.65. The highest BCUT2D eigenvalue weighted by molar-refractivity contribution is 5.82. The van der Waals surface area contributed by atoms with E-state index in [9.17, 15) is 9.59 Å². The van der Waals surface area contributed by atoms with Crippen molar-refractivity contribution in [2.45, 2.75) is 18.9 Å². The first-order valence-corrected chi connectivity index (χ1v) is 5.58. The first-order chi connectivity index (χ1) is 8.08. The summed E-state index contributed by atoms with van der Waals surface area (Å²) in [5.74, 6) is -1.22. The minimum absolute atomic E-state index is 0.0200. The Kier molecular flexibility index (Phi) is 5.17. The highest BCUT2D eigenvalue weighted by Gasteiger charge is 2.26. The largest absolute Gasteiger partial charge is 0.480 e. The van der Waals surface area contributed by atoms with Gasteiger partial charge >= 0.3 is 12.0 Å². The lowest BCUT2D eigenvalue weighted by Crippen LogP contribution is -2.52. The average molecular weight is 246 g/mol. The number of nitrogens with zero attached hydrogens (tertiary/aromatic N) is 1. The summed E-state index contributed by atoms with van der Waals surface area (Å²) in [6.45, 7) is 0.338. The van der Waals surface area contributed by atoms with E-state index in [-0.39, 0.29) is 12.5 Å². The highest BCUT2D eigenvalue weighted by Crippen LogP contribution is 2.15. The van der Waals surface area contributed by atoms with Crippen molar-refractivity contribution >= 4 is 12.0 Å². The van der Waals surface area contributed by atoms with Gasteiger partial charge in [0.25, 0.3) is 0 Å². The second kappa shape index (κ2) is 6.41. The number of carbonyl (C=O) groups excluding carboxylic acids is 1. The van der Waals surface area contributed by atoms with Gasteiger partial charge in [-0.25, -0.2) is 9.59 Å². The Labute approximate surface area is 99.0 Å². The Morgan fingerprint density at radius 2 is 2.12 bits per heavy atom. The second-order valence-corrected chi connectivity index (χ2v) is 4.16. The van der Waals surface area contributed by atoms with Crippen LogP contribution in [-0.2, 0) is 4.79 Å². The van der Waals surface area contributed by atoms with E-state index in [0.717, 1.165) is 12.8 Å². The molecule has 1 aliphatic rings. The third kappa shape index (κ3) is 3.86. The lowest BCUT2D eigenvalue weighted by Gasteiger charge is -2.32. The van der Waals surface area contributed by atoms with Crippen LogP contribution in [0.15, 0.2) is 0 Å². The molecule has 0 spiro atoms. The zero-order valence-electron chi connectivity index (χ0n) is 9.50. The van der Waals surface area contributed by atoms with E-state index in [1.54, 1.807) is 0 Å². The van der Waals surface area contributed by atoms with Gasteiger partial charge in [0.05, 0.1) is 6.61 Å². The van der Waals surface area contributed by atoms with Crippen molar-refractivity contribution < 1.29 is 24.9 Å². The van der Waals surface area contributed by atoms with Crippen LogP contribution in [0.25, 0.3) is 0 Å². The van der Waals surface area contributed by atoms with Crippen molar-refractivity contribution in [3.05, 3.63) is 0 Å². The Balaban J connectivity index is 2.48. The average Bonchev–Trinajstić information content (AvgIpc) is 2.35. The number of hydrogen-bond acceptors (Lipinski definition) is 4. The van der Waals surface area contributed by atoms with Crippen molar-refractivity contribution in [1.82, 2.24) is 10.2 Å². The number of hydrogen-bond donors (Lipinski definition) is 4. The van der Waals surface area contributed by atoms with Gasteiger partial charge in [0.15, 0.2) is 6.04 Å². The van der Waals surface area contributed by atoms with Crippen LogP contribution in [0, 0.1) is 5.92 Å². The van der Waals surface area contributed by atoms with Crippen LogP contribution in [0.2, 0.25) is 0 Å².